The van der Waals surface area contributed by atoms with Crippen LogP contribution in [-0.4, -0.2) is 60.0 Å². The molecule has 0 radical (unpaired) electrons. The topological polar surface area (TPSA) is 40.6 Å². The van der Waals surface area contributed by atoms with Crippen LogP contribution in [0.5, 0.6) is 0 Å². The van der Waals surface area contributed by atoms with Gasteiger partial charge in [0.15, 0.2) is 5.78 Å². The van der Waals surface area contributed by atoms with Crippen molar-refractivity contribution in [2.24, 2.45) is 0 Å². The van der Waals surface area contributed by atoms with Gasteiger partial charge in [-0.1, -0.05) is 13.0 Å². The summed E-state index contributed by atoms with van der Waals surface area (Å²) in [5, 5.41) is 0. The normalized spacial score (nSPS) is 15.9. The summed E-state index contributed by atoms with van der Waals surface area (Å²) >= 11 is 1.18. The Morgan fingerprint density at radius 2 is 1.91 bits per heavy atom. The van der Waals surface area contributed by atoms with E-state index in [1.807, 2.05) is 4.90 Å². The highest BCUT2D eigenvalue weighted by Crippen LogP contribution is 2.23. The van der Waals surface area contributed by atoms with Crippen molar-refractivity contribution >= 4 is 23.5 Å². The first kappa shape index (κ1) is 17.0. The van der Waals surface area contributed by atoms with E-state index in [1.54, 1.807) is 12.1 Å². The van der Waals surface area contributed by atoms with Crippen molar-refractivity contribution in [3.63, 3.8) is 0 Å². The standard InChI is InChI=1S/C16H21FN2O2S/c1-3-18-6-8-19(9-7-18)16(21)11-22-15-5-4-13(12(2)20)10-14(15)17/h4-5,10H,3,6-9,11H2,1-2H3. The first-order chi connectivity index (χ1) is 10.5. The molecule has 2 rings (SSSR count). The predicted octanol–water partition coefficient (Wildman–Crippen LogP) is 2.28. The number of nitrogens with zero attached hydrogens (tertiary/aromatic N) is 2. The maximum Gasteiger partial charge on any atom is 0.233 e. The monoisotopic (exact) mass is 324 g/mol. The lowest BCUT2D eigenvalue weighted by Crippen LogP contribution is -2.49. The molecular weight excluding hydrogens is 303 g/mol. The molecule has 1 aliphatic heterocycles. The number of thioether (sulfide) groups is 1. The molecule has 0 N–H and O–H groups in total. The summed E-state index contributed by atoms with van der Waals surface area (Å²) in [6.07, 6.45) is 0. The summed E-state index contributed by atoms with van der Waals surface area (Å²) in [4.78, 5) is 27.9. The van der Waals surface area contributed by atoms with Gasteiger partial charge in [-0.05, 0) is 25.6 Å². The molecule has 6 heteroatoms. The molecule has 22 heavy (non-hydrogen) atoms. The van der Waals surface area contributed by atoms with Crippen LogP contribution >= 0.6 is 11.8 Å². The molecule has 1 aromatic carbocycles. The maximum absolute atomic E-state index is 13.9. The maximum atomic E-state index is 13.9. The second-order valence-electron chi connectivity index (χ2n) is 5.31. The molecule has 1 amide bonds. The Hall–Kier alpha value is -1.40. The average Bonchev–Trinajstić information content (AvgIpc) is 2.53. The lowest BCUT2D eigenvalue weighted by Gasteiger charge is -2.34. The van der Waals surface area contributed by atoms with Crippen molar-refractivity contribution in [1.29, 1.82) is 0 Å². The van der Waals surface area contributed by atoms with Gasteiger partial charge in [0.25, 0.3) is 0 Å². The number of rotatable bonds is 5. The quantitative estimate of drug-likeness (QED) is 0.615. The number of ketones is 1. The van der Waals surface area contributed by atoms with Crippen molar-refractivity contribution in [1.82, 2.24) is 9.80 Å². The summed E-state index contributed by atoms with van der Waals surface area (Å²) in [6, 6.07) is 4.40. The Bertz CT molecular complexity index is 557. The van der Waals surface area contributed by atoms with Crippen LogP contribution in [0.15, 0.2) is 23.1 Å². The number of benzene rings is 1. The van der Waals surface area contributed by atoms with E-state index in [4.69, 9.17) is 0 Å². The second kappa shape index (κ2) is 7.74. The molecule has 0 atom stereocenters. The smallest absolute Gasteiger partial charge is 0.233 e. The van der Waals surface area contributed by atoms with Gasteiger partial charge in [-0.2, -0.15) is 0 Å². The third-order valence-electron chi connectivity index (χ3n) is 3.86. The molecule has 4 nitrogen and oxygen atoms in total. The summed E-state index contributed by atoms with van der Waals surface area (Å²) in [6.45, 7) is 7.79. The number of halogens is 1. The highest BCUT2D eigenvalue weighted by atomic mass is 32.2. The molecule has 0 aromatic heterocycles. The Morgan fingerprint density at radius 3 is 2.45 bits per heavy atom. The number of likely N-dealkylation sites (N-methyl/N-ethyl adjacent to an activating group) is 1. The lowest BCUT2D eigenvalue weighted by atomic mass is 10.1. The number of hydrogen-bond acceptors (Lipinski definition) is 4. The summed E-state index contributed by atoms with van der Waals surface area (Å²) in [7, 11) is 0. The van der Waals surface area contributed by atoms with Gasteiger partial charge in [-0.3, -0.25) is 9.59 Å². The Labute approximate surface area is 134 Å². The van der Waals surface area contributed by atoms with Gasteiger partial charge in [0.05, 0.1) is 5.75 Å². The van der Waals surface area contributed by atoms with Gasteiger partial charge in [0.1, 0.15) is 5.82 Å². The van der Waals surface area contributed by atoms with Gasteiger partial charge >= 0.3 is 0 Å². The lowest BCUT2D eigenvalue weighted by molar-refractivity contribution is -0.130. The second-order valence-corrected chi connectivity index (χ2v) is 6.32. The third kappa shape index (κ3) is 4.30. The molecule has 0 unspecified atom stereocenters. The van der Waals surface area contributed by atoms with Crippen molar-refractivity contribution < 1.29 is 14.0 Å². The van der Waals surface area contributed by atoms with Crippen molar-refractivity contribution in [3.8, 4) is 0 Å². The first-order valence-electron chi connectivity index (χ1n) is 7.44. The Morgan fingerprint density at radius 1 is 1.23 bits per heavy atom. The fraction of sp³-hybridized carbons (Fsp3) is 0.500. The molecule has 1 saturated heterocycles. The van der Waals surface area contributed by atoms with Gasteiger partial charge in [-0.15, -0.1) is 11.8 Å². The zero-order chi connectivity index (χ0) is 16.1. The van der Waals surface area contributed by atoms with E-state index in [1.165, 1.54) is 24.8 Å². The fourth-order valence-electron chi connectivity index (χ4n) is 2.38. The fourth-order valence-corrected chi connectivity index (χ4v) is 3.20. The Kier molecular flexibility index (Phi) is 5.97. The molecule has 1 fully saturated rings. The number of hydrogen-bond donors (Lipinski definition) is 0. The average molecular weight is 324 g/mol. The van der Waals surface area contributed by atoms with Crippen molar-refractivity contribution in [2.45, 2.75) is 18.7 Å². The minimum atomic E-state index is -0.443. The van der Waals surface area contributed by atoms with E-state index >= 15 is 0 Å². The number of piperazine rings is 1. The molecule has 0 saturated carbocycles. The number of amides is 1. The van der Waals surface area contributed by atoms with Crippen LogP contribution in [0.4, 0.5) is 4.39 Å². The van der Waals surface area contributed by atoms with Gasteiger partial charge in [0, 0.05) is 36.6 Å². The number of Topliss-reactive ketones (excluding diaryl/α,β-unsaturated/α-hetero) is 1. The molecule has 0 spiro atoms. The number of carbonyl (C=O) groups excluding carboxylic acids is 2. The summed E-state index contributed by atoms with van der Waals surface area (Å²) in [5.41, 5.74) is 0.351. The van der Waals surface area contributed by atoms with Gasteiger partial charge in [-0.25, -0.2) is 4.39 Å². The molecular formula is C16H21FN2O2S. The molecule has 0 aliphatic carbocycles. The first-order valence-corrected chi connectivity index (χ1v) is 8.43. The minimum Gasteiger partial charge on any atom is -0.339 e. The molecule has 0 bridgehead atoms. The molecule has 1 aromatic rings. The van der Waals surface area contributed by atoms with E-state index < -0.39 is 5.82 Å². The third-order valence-corrected chi connectivity index (χ3v) is 4.90. The van der Waals surface area contributed by atoms with E-state index in [0.29, 0.717) is 10.5 Å². The van der Waals surface area contributed by atoms with Gasteiger partial charge < -0.3 is 9.80 Å². The minimum absolute atomic E-state index is 0.0378. The number of carbonyl (C=O) groups is 2. The van der Waals surface area contributed by atoms with Crippen LogP contribution in [0.3, 0.4) is 0 Å². The zero-order valence-corrected chi connectivity index (χ0v) is 13.8. The molecule has 1 heterocycles. The van der Waals surface area contributed by atoms with E-state index in [2.05, 4.69) is 11.8 Å². The SMILES string of the molecule is CCN1CCN(C(=O)CSc2ccc(C(C)=O)cc2F)CC1. The van der Waals surface area contributed by atoms with E-state index in [0.717, 1.165) is 32.7 Å². The molecule has 120 valence electrons. The van der Waals surface area contributed by atoms with Crippen molar-refractivity contribution in [2.75, 3.05) is 38.5 Å². The summed E-state index contributed by atoms with van der Waals surface area (Å²) in [5.74, 6) is -0.347. The zero-order valence-electron chi connectivity index (χ0n) is 13.0. The van der Waals surface area contributed by atoms with E-state index in [9.17, 15) is 14.0 Å². The van der Waals surface area contributed by atoms with Crippen LogP contribution < -0.4 is 0 Å². The highest BCUT2D eigenvalue weighted by Gasteiger charge is 2.20. The van der Waals surface area contributed by atoms with Crippen LogP contribution in [0.25, 0.3) is 0 Å². The van der Waals surface area contributed by atoms with Gasteiger partial charge in [0.2, 0.25) is 5.91 Å². The summed E-state index contributed by atoms with van der Waals surface area (Å²) < 4.78 is 13.9. The Balaban J connectivity index is 1.87. The highest BCUT2D eigenvalue weighted by molar-refractivity contribution is 8.00. The van der Waals surface area contributed by atoms with Crippen molar-refractivity contribution in [3.05, 3.63) is 29.6 Å². The van der Waals surface area contributed by atoms with Crippen LogP contribution in [0.2, 0.25) is 0 Å². The predicted molar refractivity (Wildman–Crippen MR) is 85.8 cm³/mol. The van der Waals surface area contributed by atoms with Crippen LogP contribution in [0.1, 0.15) is 24.2 Å². The van der Waals surface area contributed by atoms with E-state index in [-0.39, 0.29) is 17.4 Å². The van der Waals surface area contributed by atoms with Crippen LogP contribution in [-0.2, 0) is 4.79 Å². The molecule has 1 aliphatic rings. The van der Waals surface area contributed by atoms with Crippen LogP contribution in [0, 0.1) is 5.82 Å². The largest absolute Gasteiger partial charge is 0.339 e.